The molecule has 8 nitrogen and oxygen atoms in total. The second-order valence-electron chi connectivity index (χ2n) is 11.9. The summed E-state index contributed by atoms with van der Waals surface area (Å²) < 4.78 is 4.85. The van der Waals surface area contributed by atoms with E-state index in [-0.39, 0.29) is 12.4 Å². The van der Waals surface area contributed by atoms with Gasteiger partial charge in [0.05, 0.1) is 22.8 Å². The Morgan fingerprint density at radius 3 is 1.02 bits per heavy atom. The lowest BCUT2D eigenvalue weighted by molar-refractivity contribution is 1.28. The number of rotatable bonds is 4. The molecule has 0 atom stereocenters. The summed E-state index contributed by atoms with van der Waals surface area (Å²) in [5, 5.41) is 0. The summed E-state index contributed by atoms with van der Waals surface area (Å²) in [6.07, 6.45) is 23.2. The molecule has 0 amide bonds. The maximum Gasteiger partial charge on any atom is 0.274 e. The van der Waals surface area contributed by atoms with Crippen LogP contribution in [0.3, 0.4) is 0 Å². The van der Waals surface area contributed by atoms with Gasteiger partial charge in [-0.1, -0.05) is 0 Å². The summed E-state index contributed by atoms with van der Waals surface area (Å²) in [6, 6.07) is 33.0. The Balaban J connectivity index is 0.000000154. The van der Waals surface area contributed by atoms with E-state index in [4.69, 9.17) is 0 Å². The van der Waals surface area contributed by atoms with Crippen LogP contribution in [0.25, 0.3) is 46.4 Å². The van der Waals surface area contributed by atoms with Crippen molar-refractivity contribution in [2.45, 2.75) is 0 Å². The molecule has 9 rings (SSSR count). The topological polar surface area (TPSA) is 109 Å². The monoisotopic (exact) mass is 685 g/mol. The van der Waals surface area contributed by atoms with E-state index in [0.29, 0.717) is 0 Å². The average Bonchev–Trinajstić information content (AvgIpc) is 3.98. The number of nitrogens with one attached hydrogen (secondary N) is 2. The van der Waals surface area contributed by atoms with Crippen molar-refractivity contribution in [3.63, 3.8) is 0 Å². The molecule has 7 aromatic heterocycles. The van der Waals surface area contributed by atoms with Crippen molar-refractivity contribution >= 4 is 89.6 Å². The number of H-pyrrole nitrogens is 2. The van der Waals surface area contributed by atoms with Crippen LogP contribution in [0.5, 0.6) is 0 Å². The second-order valence-corrected chi connectivity index (χ2v) is 16.3. The number of halogens is 1. The Morgan fingerprint density at radius 2 is 0.700 bits per heavy atom. The standard InChI is InChI=1S/C20H14N4.4C5H4N.Al.ClH/c1-2-14-10-16-5-6-18(23-16)12-20-8-7-19(24-20)11-17-4-3-15(22-17)9-13(1)21-14;4*1-2-4-6-5-3-1;;/h1-12,21-22H;4*1-2,4-5H;;1H/q;;;;;-1;. The summed E-state index contributed by atoms with van der Waals surface area (Å²) in [7, 11) is 0. The molecule has 7 aromatic rings. The van der Waals surface area contributed by atoms with Gasteiger partial charge >= 0.3 is 0 Å². The number of pyridine rings is 4. The number of hydrogen-bond acceptors (Lipinski definition) is 6. The van der Waals surface area contributed by atoms with Gasteiger partial charge in [0.15, 0.2) is 0 Å². The van der Waals surface area contributed by atoms with Crippen molar-refractivity contribution in [3.8, 4) is 0 Å². The maximum atomic E-state index is 4.62. The molecule has 0 saturated carbocycles. The average molecular weight is 686 g/mol. The first-order chi connectivity index (χ1) is 24.2. The highest BCUT2D eigenvalue weighted by molar-refractivity contribution is 7.19. The summed E-state index contributed by atoms with van der Waals surface area (Å²) in [5.41, 5.74) is 7.86. The molecular weight excluding hydrogens is 655 g/mol. The number of hydrogen-bond donors (Lipinski definition) is 2. The van der Waals surface area contributed by atoms with E-state index in [1.807, 2.05) is 116 Å². The molecule has 2 N–H and O–H groups in total. The van der Waals surface area contributed by atoms with Gasteiger partial charge in [0, 0.05) is 46.9 Å². The zero-order valence-corrected chi connectivity index (χ0v) is 28.8. The van der Waals surface area contributed by atoms with Gasteiger partial charge in [-0.25, -0.2) is 9.97 Å². The van der Waals surface area contributed by atoms with E-state index in [1.165, 1.54) is 17.7 Å². The SMILES string of the molecule is C1=Cc2cc3ccc(cc4ccc(cc5nc(cc1n2)C=C5)[nH]4)[nH]3.Cl.c1cnc[c]([Al-]([c]2cccnc2)([c]2cccnc2)[c]2cccnc2)c1. The zero-order chi connectivity index (χ0) is 32.9. The molecule has 9 heterocycles. The molecule has 8 bridgehead atoms. The predicted molar refractivity (Wildman–Crippen MR) is 207 cm³/mol. The minimum atomic E-state index is -2.94. The third-order valence-electron chi connectivity index (χ3n) is 8.78. The first-order valence-electron chi connectivity index (χ1n) is 16.0. The van der Waals surface area contributed by atoms with Gasteiger partial charge in [0.1, 0.15) is 0 Å². The summed E-state index contributed by atoms with van der Waals surface area (Å²) >= 11 is -2.94. The Morgan fingerprint density at radius 1 is 0.380 bits per heavy atom. The smallest absolute Gasteiger partial charge is 0.274 e. The molecular formula is C40H31AlClN8-. The largest absolute Gasteiger partial charge is 0.355 e. The summed E-state index contributed by atoms with van der Waals surface area (Å²) in [5.74, 6) is 0. The van der Waals surface area contributed by atoms with Crippen LogP contribution in [0.15, 0.2) is 147 Å². The molecule has 2 aliphatic heterocycles. The molecule has 0 aliphatic carbocycles. The number of aromatic amines is 2. The lowest BCUT2D eigenvalue weighted by atomic mass is 10.3. The van der Waals surface area contributed by atoms with Crippen LogP contribution in [0, 0.1) is 0 Å². The van der Waals surface area contributed by atoms with Crippen molar-refractivity contribution in [1.82, 2.24) is 39.9 Å². The van der Waals surface area contributed by atoms with Gasteiger partial charge in [-0.05, 0) is 122 Å². The van der Waals surface area contributed by atoms with E-state index in [0.717, 1.165) is 44.8 Å². The molecule has 50 heavy (non-hydrogen) atoms. The van der Waals surface area contributed by atoms with Gasteiger partial charge < -0.3 is 9.97 Å². The van der Waals surface area contributed by atoms with Gasteiger partial charge in [-0.3, -0.25) is 19.9 Å². The molecule has 0 saturated heterocycles. The zero-order valence-electron chi connectivity index (χ0n) is 26.8. The first kappa shape index (κ1) is 32.6. The Hall–Kier alpha value is -5.98. The molecule has 0 fully saturated rings. The Labute approximate surface area is 297 Å². The summed E-state index contributed by atoms with van der Waals surface area (Å²) in [6.45, 7) is 0. The molecule has 0 spiro atoms. The lowest BCUT2D eigenvalue weighted by Gasteiger charge is -2.39. The van der Waals surface area contributed by atoms with Crippen LogP contribution in [0.4, 0.5) is 0 Å². The van der Waals surface area contributed by atoms with Crippen LogP contribution < -0.4 is 17.7 Å². The van der Waals surface area contributed by atoms with Crippen molar-refractivity contribution in [2.24, 2.45) is 0 Å². The first-order valence-corrected chi connectivity index (χ1v) is 18.4. The normalized spacial score (nSPS) is 11.7. The third kappa shape index (κ3) is 6.79. The quantitative estimate of drug-likeness (QED) is 0.230. The fourth-order valence-corrected chi connectivity index (χ4v) is 11.8. The number of fused-ring (bicyclic) bond motifs is 8. The van der Waals surface area contributed by atoms with Gasteiger partial charge in [-0.2, -0.15) is 17.7 Å². The van der Waals surface area contributed by atoms with E-state index in [9.17, 15) is 0 Å². The highest BCUT2D eigenvalue weighted by Crippen LogP contribution is 2.17. The lowest BCUT2D eigenvalue weighted by Crippen LogP contribution is -2.75. The second kappa shape index (κ2) is 14.6. The van der Waals surface area contributed by atoms with Crippen molar-refractivity contribution in [1.29, 1.82) is 0 Å². The molecule has 0 radical (unpaired) electrons. The van der Waals surface area contributed by atoms with Crippen LogP contribution in [-0.4, -0.2) is 52.9 Å². The van der Waals surface area contributed by atoms with Crippen molar-refractivity contribution in [2.75, 3.05) is 0 Å². The van der Waals surface area contributed by atoms with E-state index in [1.54, 1.807) is 0 Å². The number of aromatic nitrogens is 8. The van der Waals surface area contributed by atoms with Gasteiger partial charge in [0.2, 0.25) is 0 Å². The summed E-state index contributed by atoms with van der Waals surface area (Å²) in [4.78, 5) is 33.7. The number of nitrogens with zero attached hydrogens (tertiary/aromatic N) is 6. The van der Waals surface area contributed by atoms with Crippen LogP contribution >= 0.6 is 12.4 Å². The molecule has 242 valence electrons. The minimum absolute atomic E-state index is 0. The molecule has 0 aromatic carbocycles. The molecule has 10 heteroatoms. The van der Waals surface area contributed by atoms with Gasteiger partial charge in [0.25, 0.3) is 13.1 Å². The fraction of sp³-hybridized carbons (Fsp3) is 0. The Kier molecular flexibility index (Phi) is 9.54. The molecule has 2 aliphatic rings. The Bertz CT molecular complexity index is 2190. The van der Waals surface area contributed by atoms with E-state index < -0.39 is 13.1 Å². The molecule has 0 unspecified atom stereocenters. The van der Waals surface area contributed by atoms with Crippen LogP contribution in [-0.2, 0) is 0 Å². The minimum Gasteiger partial charge on any atom is -0.355 e. The van der Waals surface area contributed by atoms with E-state index in [2.05, 4.69) is 94.5 Å². The van der Waals surface area contributed by atoms with Crippen LogP contribution in [0.1, 0.15) is 22.8 Å². The highest BCUT2D eigenvalue weighted by Gasteiger charge is 2.37. The van der Waals surface area contributed by atoms with Gasteiger partial charge in [-0.15, -0.1) is 36.7 Å². The highest BCUT2D eigenvalue weighted by atomic mass is 35.5. The van der Waals surface area contributed by atoms with Crippen molar-refractivity contribution < 1.29 is 0 Å². The van der Waals surface area contributed by atoms with Crippen molar-refractivity contribution in [3.05, 3.63) is 169 Å². The third-order valence-corrected chi connectivity index (χ3v) is 14.1. The van der Waals surface area contributed by atoms with Crippen LogP contribution in [0.2, 0.25) is 0 Å². The maximum absolute atomic E-state index is 4.62. The van der Waals surface area contributed by atoms with E-state index >= 15 is 0 Å². The fourth-order valence-electron chi connectivity index (χ4n) is 6.63. The predicted octanol–water partition coefficient (Wildman–Crippen LogP) is 5.72.